The van der Waals surface area contributed by atoms with Crippen molar-refractivity contribution in [3.63, 3.8) is 0 Å². The Hall–Kier alpha value is -2.12. The van der Waals surface area contributed by atoms with Crippen LogP contribution in [0.4, 0.5) is 0 Å². The van der Waals surface area contributed by atoms with Gasteiger partial charge in [-0.15, -0.1) is 0 Å². The summed E-state index contributed by atoms with van der Waals surface area (Å²) in [5, 5.41) is 21.6. The van der Waals surface area contributed by atoms with Crippen LogP contribution in [0.2, 0.25) is 0 Å². The molecule has 1 heterocycles. The van der Waals surface area contributed by atoms with E-state index in [1.807, 2.05) is 6.07 Å². The highest BCUT2D eigenvalue weighted by atomic mass is 16.3. The summed E-state index contributed by atoms with van der Waals surface area (Å²) in [6, 6.07) is 10.5. The van der Waals surface area contributed by atoms with Crippen LogP contribution >= 0.6 is 0 Å². The van der Waals surface area contributed by atoms with Crippen molar-refractivity contribution in [1.29, 1.82) is 5.26 Å². The largest absolute Gasteiger partial charge is 0.363 e. The maximum atomic E-state index is 11.5. The molecule has 16 heavy (non-hydrogen) atoms. The topological polar surface area (TPSA) is 73.1 Å². The quantitative estimate of drug-likeness (QED) is 0.726. The zero-order chi connectivity index (χ0) is 11.8. The Kier molecular flexibility index (Phi) is 2.26. The number of amides is 1. The zero-order valence-electron chi connectivity index (χ0n) is 8.69. The molecule has 1 aliphatic rings. The van der Waals surface area contributed by atoms with E-state index in [0.29, 0.717) is 11.1 Å². The summed E-state index contributed by atoms with van der Waals surface area (Å²) in [6.07, 6.45) is 0. The van der Waals surface area contributed by atoms with Crippen LogP contribution < -0.4 is 5.32 Å². The third-order valence-electron chi connectivity index (χ3n) is 2.74. The number of carbonyl (C=O) groups excluding carboxylic acids is 1. The van der Waals surface area contributed by atoms with Gasteiger partial charge in [0.05, 0.1) is 0 Å². The molecular weight excluding hydrogens is 204 g/mol. The van der Waals surface area contributed by atoms with Crippen LogP contribution in [0, 0.1) is 11.3 Å². The number of rotatable bonds is 1. The second-order valence-corrected chi connectivity index (χ2v) is 3.64. The van der Waals surface area contributed by atoms with Gasteiger partial charge in [0.15, 0.2) is 5.72 Å². The van der Waals surface area contributed by atoms with Gasteiger partial charge in [-0.3, -0.25) is 4.79 Å². The van der Waals surface area contributed by atoms with E-state index in [-0.39, 0.29) is 5.57 Å². The van der Waals surface area contributed by atoms with Gasteiger partial charge >= 0.3 is 0 Å². The molecule has 0 aromatic heterocycles. The lowest BCUT2D eigenvalue weighted by molar-refractivity contribution is -0.120. The molecule has 0 radical (unpaired) electrons. The number of hydrogen-bond acceptors (Lipinski definition) is 3. The van der Waals surface area contributed by atoms with Crippen molar-refractivity contribution in [2.45, 2.75) is 12.6 Å². The van der Waals surface area contributed by atoms with Crippen molar-refractivity contribution in [1.82, 2.24) is 5.32 Å². The summed E-state index contributed by atoms with van der Waals surface area (Å²) >= 11 is 0. The van der Waals surface area contributed by atoms with Gasteiger partial charge in [-0.05, 0) is 6.92 Å². The first-order valence-electron chi connectivity index (χ1n) is 4.81. The summed E-state index contributed by atoms with van der Waals surface area (Å²) in [4.78, 5) is 11.5. The molecule has 2 rings (SSSR count). The fourth-order valence-electron chi connectivity index (χ4n) is 1.77. The van der Waals surface area contributed by atoms with E-state index in [0.717, 1.165) is 0 Å². The van der Waals surface area contributed by atoms with Crippen molar-refractivity contribution < 1.29 is 9.90 Å². The highest BCUT2D eigenvalue weighted by Gasteiger charge is 2.42. The second kappa shape index (κ2) is 3.47. The highest BCUT2D eigenvalue weighted by Crippen LogP contribution is 2.33. The average molecular weight is 214 g/mol. The van der Waals surface area contributed by atoms with E-state index in [2.05, 4.69) is 5.32 Å². The SMILES string of the molecule is CC1=C(C#N)C(=O)NC1(O)c1ccccc1. The fourth-order valence-corrected chi connectivity index (χ4v) is 1.77. The maximum absolute atomic E-state index is 11.5. The van der Waals surface area contributed by atoms with E-state index in [4.69, 9.17) is 5.26 Å². The van der Waals surface area contributed by atoms with E-state index in [1.165, 1.54) is 0 Å². The summed E-state index contributed by atoms with van der Waals surface area (Å²) in [5.41, 5.74) is -0.688. The van der Waals surface area contributed by atoms with Crippen molar-refractivity contribution >= 4 is 5.91 Å². The van der Waals surface area contributed by atoms with E-state index in [9.17, 15) is 9.90 Å². The first-order valence-corrected chi connectivity index (χ1v) is 4.81. The van der Waals surface area contributed by atoms with Crippen LogP contribution in [-0.2, 0) is 10.5 Å². The zero-order valence-corrected chi connectivity index (χ0v) is 8.69. The van der Waals surface area contributed by atoms with E-state index < -0.39 is 11.6 Å². The van der Waals surface area contributed by atoms with Crippen LogP contribution in [0.3, 0.4) is 0 Å². The van der Waals surface area contributed by atoms with Gasteiger partial charge in [-0.1, -0.05) is 30.3 Å². The summed E-state index contributed by atoms with van der Waals surface area (Å²) in [6.45, 7) is 1.57. The van der Waals surface area contributed by atoms with Gasteiger partial charge in [0.2, 0.25) is 0 Å². The lowest BCUT2D eigenvalue weighted by Gasteiger charge is -2.24. The molecule has 0 saturated carbocycles. The number of nitrogens with one attached hydrogen (secondary N) is 1. The predicted octanol–water partition coefficient (Wildman–Crippen LogP) is 0.802. The molecule has 0 saturated heterocycles. The molecule has 1 aromatic carbocycles. The van der Waals surface area contributed by atoms with Crippen molar-refractivity contribution in [3.8, 4) is 6.07 Å². The number of aliphatic hydroxyl groups is 1. The van der Waals surface area contributed by atoms with Gasteiger partial charge in [-0.25, -0.2) is 0 Å². The van der Waals surface area contributed by atoms with Crippen LogP contribution in [0.5, 0.6) is 0 Å². The first kappa shape index (κ1) is 10.4. The standard InChI is InChI=1S/C12H10N2O2/c1-8-10(7-13)11(15)14-12(8,16)9-5-3-2-4-6-9/h2-6,16H,1H3,(H,14,15). The van der Waals surface area contributed by atoms with Crippen molar-refractivity contribution in [2.24, 2.45) is 0 Å². The molecule has 0 bridgehead atoms. The van der Waals surface area contributed by atoms with E-state index in [1.54, 1.807) is 37.3 Å². The molecule has 1 aliphatic heterocycles. The molecule has 0 aliphatic carbocycles. The number of nitrogens with zero attached hydrogens (tertiary/aromatic N) is 1. The van der Waals surface area contributed by atoms with Crippen molar-refractivity contribution in [2.75, 3.05) is 0 Å². The van der Waals surface area contributed by atoms with E-state index >= 15 is 0 Å². The second-order valence-electron chi connectivity index (χ2n) is 3.64. The number of benzene rings is 1. The minimum atomic E-state index is -1.55. The fraction of sp³-hybridized carbons (Fsp3) is 0.167. The molecule has 0 fully saturated rings. The molecule has 1 atom stereocenters. The van der Waals surface area contributed by atoms with Gasteiger partial charge in [0.1, 0.15) is 11.6 Å². The molecule has 1 unspecified atom stereocenters. The lowest BCUT2D eigenvalue weighted by Crippen LogP contribution is -2.41. The van der Waals surface area contributed by atoms with Crippen molar-refractivity contribution in [3.05, 3.63) is 47.0 Å². The maximum Gasteiger partial charge on any atom is 0.264 e. The van der Waals surface area contributed by atoms with Gasteiger partial charge in [0, 0.05) is 11.1 Å². The smallest absolute Gasteiger partial charge is 0.264 e. The minimum Gasteiger partial charge on any atom is -0.363 e. The van der Waals surface area contributed by atoms with Crippen LogP contribution in [0.25, 0.3) is 0 Å². The molecule has 0 spiro atoms. The molecule has 80 valence electrons. The van der Waals surface area contributed by atoms with Crippen LogP contribution in [-0.4, -0.2) is 11.0 Å². The Morgan fingerprint density at radius 3 is 2.50 bits per heavy atom. The molecule has 1 aromatic rings. The highest BCUT2D eigenvalue weighted by molar-refractivity contribution is 6.01. The van der Waals surface area contributed by atoms with Gasteiger partial charge in [0.25, 0.3) is 5.91 Å². The summed E-state index contributed by atoms with van der Waals surface area (Å²) < 4.78 is 0. The van der Waals surface area contributed by atoms with Crippen LogP contribution in [0.1, 0.15) is 12.5 Å². The van der Waals surface area contributed by atoms with Gasteiger partial charge < -0.3 is 10.4 Å². The normalized spacial score (nSPS) is 24.2. The van der Waals surface area contributed by atoms with Crippen LogP contribution in [0.15, 0.2) is 41.5 Å². The monoisotopic (exact) mass is 214 g/mol. The molecular formula is C12H10N2O2. The molecule has 1 amide bonds. The Balaban J connectivity index is 2.56. The third kappa shape index (κ3) is 1.30. The Morgan fingerprint density at radius 1 is 1.38 bits per heavy atom. The number of carbonyl (C=O) groups is 1. The number of hydrogen-bond donors (Lipinski definition) is 2. The lowest BCUT2D eigenvalue weighted by atomic mass is 9.96. The Labute approximate surface area is 92.8 Å². The first-order chi connectivity index (χ1) is 7.59. The third-order valence-corrected chi connectivity index (χ3v) is 2.74. The Bertz CT molecular complexity index is 514. The molecule has 2 N–H and O–H groups in total. The molecule has 4 heteroatoms. The van der Waals surface area contributed by atoms with Gasteiger partial charge in [-0.2, -0.15) is 5.26 Å². The summed E-state index contributed by atoms with van der Waals surface area (Å²) in [5.74, 6) is -0.536. The summed E-state index contributed by atoms with van der Waals surface area (Å²) in [7, 11) is 0. The minimum absolute atomic E-state index is 0.0219. The Morgan fingerprint density at radius 2 is 2.00 bits per heavy atom. The molecule has 4 nitrogen and oxygen atoms in total. The average Bonchev–Trinajstić information content (AvgIpc) is 2.52. The number of nitriles is 1. The predicted molar refractivity (Wildman–Crippen MR) is 56.8 cm³/mol.